The van der Waals surface area contributed by atoms with Crippen LogP contribution in [-0.4, -0.2) is 16.1 Å². The van der Waals surface area contributed by atoms with Crippen molar-refractivity contribution in [2.24, 2.45) is 0 Å². The molecule has 2 aromatic heterocycles. The van der Waals surface area contributed by atoms with Crippen LogP contribution in [0.4, 0.5) is 10.1 Å². The van der Waals surface area contributed by atoms with Crippen molar-refractivity contribution in [2.75, 3.05) is 5.32 Å². The molecule has 26 heavy (non-hydrogen) atoms. The zero-order chi connectivity index (χ0) is 18.1. The molecule has 0 fully saturated rings. The summed E-state index contributed by atoms with van der Waals surface area (Å²) in [5.41, 5.74) is 2.78. The maximum Gasteiger partial charge on any atom is 0.258 e. The number of nitrogens with one attached hydrogen (secondary N) is 2. The SMILES string of the molecule is N#Cc1ccc(F)c(C(=O)Nc2ccc3[nH]nc(-c4ccoc4)c3c2)c1. The van der Waals surface area contributed by atoms with Gasteiger partial charge in [0.25, 0.3) is 5.91 Å². The molecule has 7 heteroatoms. The lowest BCUT2D eigenvalue weighted by atomic mass is 10.1. The monoisotopic (exact) mass is 346 g/mol. The number of amides is 1. The number of anilines is 1. The van der Waals surface area contributed by atoms with Gasteiger partial charge in [-0.1, -0.05) is 0 Å². The summed E-state index contributed by atoms with van der Waals surface area (Å²) >= 11 is 0. The maximum atomic E-state index is 13.9. The highest BCUT2D eigenvalue weighted by molar-refractivity contribution is 6.06. The second-order valence-electron chi connectivity index (χ2n) is 5.61. The zero-order valence-electron chi connectivity index (χ0n) is 13.3. The first-order valence-corrected chi connectivity index (χ1v) is 7.67. The molecule has 0 saturated carbocycles. The molecule has 4 aromatic rings. The lowest BCUT2D eigenvalue weighted by Crippen LogP contribution is -2.14. The van der Waals surface area contributed by atoms with E-state index in [1.807, 2.05) is 6.07 Å². The first kappa shape index (κ1) is 15.6. The summed E-state index contributed by atoms with van der Waals surface area (Å²) < 4.78 is 19.0. The van der Waals surface area contributed by atoms with Gasteiger partial charge in [0.05, 0.1) is 35.2 Å². The van der Waals surface area contributed by atoms with Crippen LogP contribution >= 0.6 is 0 Å². The standard InChI is InChI=1S/C19H11FN4O2/c20-16-3-1-11(9-21)7-14(16)19(25)22-13-2-4-17-15(8-13)18(24-23-17)12-5-6-26-10-12/h1-8,10H,(H,22,25)(H,23,24). The Hall–Kier alpha value is -3.92. The quantitative estimate of drug-likeness (QED) is 0.584. The van der Waals surface area contributed by atoms with Crippen molar-refractivity contribution in [3.63, 3.8) is 0 Å². The minimum atomic E-state index is -0.690. The molecule has 126 valence electrons. The van der Waals surface area contributed by atoms with E-state index in [2.05, 4.69) is 15.5 Å². The Kier molecular flexibility index (Phi) is 3.71. The van der Waals surface area contributed by atoms with Gasteiger partial charge < -0.3 is 9.73 Å². The van der Waals surface area contributed by atoms with E-state index < -0.39 is 11.7 Å². The van der Waals surface area contributed by atoms with Crippen molar-refractivity contribution in [2.45, 2.75) is 0 Å². The van der Waals surface area contributed by atoms with Gasteiger partial charge in [0.2, 0.25) is 0 Å². The Balaban J connectivity index is 1.69. The number of rotatable bonds is 3. The van der Waals surface area contributed by atoms with E-state index in [-0.39, 0.29) is 11.1 Å². The highest BCUT2D eigenvalue weighted by Gasteiger charge is 2.15. The topological polar surface area (TPSA) is 94.7 Å². The highest BCUT2D eigenvalue weighted by Crippen LogP contribution is 2.29. The summed E-state index contributed by atoms with van der Waals surface area (Å²) in [4.78, 5) is 12.4. The number of H-pyrrole nitrogens is 1. The van der Waals surface area contributed by atoms with Gasteiger partial charge in [0, 0.05) is 16.6 Å². The van der Waals surface area contributed by atoms with Crippen LogP contribution in [0.2, 0.25) is 0 Å². The predicted octanol–water partition coefficient (Wildman–Crippen LogP) is 4.09. The lowest BCUT2D eigenvalue weighted by molar-refractivity contribution is 0.102. The molecule has 0 bridgehead atoms. The van der Waals surface area contributed by atoms with Gasteiger partial charge in [-0.2, -0.15) is 10.4 Å². The summed E-state index contributed by atoms with van der Waals surface area (Å²) in [6.45, 7) is 0. The molecule has 0 radical (unpaired) electrons. The average Bonchev–Trinajstić information content (AvgIpc) is 3.31. The van der Waals surface area contributed by atoms with Crippen LogP contribution in [0, 0.1) is 17.1 Å². The van der Waals surface area contributed by atoms with E-state index in [1.54, 1.807) is 36.8 Å². The number of hydrogen-bond acceptors (Lipinski definition) is 4. The summed E-state index contributed by atoms with van der Waals surface area (Å²) in [5.74, 6) is -1.32. The van der Waals surface area contributed by atoms with E-state index in [4.69, 9.17) is 9.68 Å². The number of fused-ring (bicyclic) bond motifs is 1. The van der Waals surface area contributed by atoms with Gasteiger partial charge >= 0.3 is 0 Å². The molecule has 2 heterocycles. The van der Waals surface area contributed by atoms with Crippen molar-refractivity contribution in [1.29, 1.82) is 5.26 Å². The van der Waals surface area contributed by atoms with Crippen molar-refractivity contribution in [3.8, 4) is 17.3 Å². The molecule has 4 rings (SSSR count). The summed E-state index contributed by atoms with van der Waals surface area (Å²) in [7, 11) is 0. The Morgan fingerprint density at radius 3 is 2.88 bits per heavy atom. The third kappa shape index (κ3) is 2.70. The van der Waals surface area contributed by atoms with Gasteiger partial charge in [-0.15, -0.1) is 0 Å². The maximum absolute atomic E-state index is 13.9. The summed E-state index contributed by atoms with van der Waals surface area (Å²) in [6.07, 6.45) is 3.12. The summed E-state index contributed by atoms with van der Waals surface area (Å²) in [6, 6.07) is 12.5. The lowest BCUT2D eigenvalue weighted by Gasteiger charge is -2.07. The third-order valence-electron chi connectivity index (χ3n) is 3.96. The molecule has 0 aliphatic carbocycles. The van der Waals surface area contributed by atoms with Gasteiger partial charge in [0.15, 0.2) is 0 Å². The Morgan fingerprint density at radius 1 is 1.23 bits per heavy atom. The summed E-state index contributed by atoms with van der Waals surface area (Å²) in [5, 5.41) is 19.5. The van der Waals surface area contributed by atoms with Crippen molar-refractivity contribution >= 4 is 22.5 Å². The van der Waals surface area contributed by atoms with Crippen LogP contribution in [0.3, 0.4) is 0 Å². The molecule has 0 aliphatic heterocycles. The molecular weight excluding hydrogens is 335 g/mol. The number of aromatic nitrogens is 2. The minimum Gasteiger partial charge on any atom is -0.472 e. The molecule has 1 amide bonds. The number of carbonyl (C=O) groups excluding carboxylic acids is 1. The Labute approximate surface area is 146 Å². The number of benzene rings is 2. The zero-order valence-corrected chi connectivity index (χ0v) is 13.3. The molecule has 6 nitrogen and oxygen atoms in total. The molecule has 0 unspecified atom stereocenters. The predicted molar refractivity (Wildman–Crippen MR) is 92.9 cm³/mol. The van der Waals surface area contributed by atoms with E-state index in [9.17, 15) is 9.18 Å². The van der Waals surface area contributed by atoms with Crippen molar-refractivity contribution in [1.82, 2.24) is 10.2 Å². The molecule has 2 N–H and O–H groups in total. The van der Waals surface area contributed by atoms with Crippen molar-refractivity contribution in [3.05, 3.63) is 71.9 Å². The molecule has 0 atom stereocenters. The first-order valence-electron chi connectivity index (χ1n) is 7.67. The molecular formula is C19H11FN4O2. The number of nitrogens with zero attached hydrogens (tertiary/aromatic N) is 2. The van der Waals surface area contributed by atoms with Gasteiger partial charge in [0.1, 0.15) is 11.5 Å². The smallest absolute Gasteiger partial charge is 0.258 e. The van der Waals surface area contributed by atoms with E-state index in [1.165, 1.54) is 12.1 Å². The minimum absolute atomic E-state index is 0.189. The van der Waals surface area contributed by atoms with E-state index in [0.29, 0.717) is 11.4 Å². The fourth-order valence-electron chi connectivity index (χ4n) is 2.68. The number of hydrogen-bond donors (Lipinski definition) is 2. The van der Waals surface area contributed by atoms with Gasteiger partial charge in [-0.3, -0.25) is 9.89 Å². The highest BCUT2D eigenvalue weighted by atomic mass is 19.1. The van der Waals surface area contributed by atoms with Crippen LogP contribution in [0.1, 0.15) is 15.9 Å². The normalized spacial score (nSPS) is 10.6. The Morgan fingerprint density at radius 2 is 2.12 bits per heavy atom. The second kappa shape index (κ2) is 6.18. The first-order chi connectivity index (χ1) is 12.7. The molecule has 2 aromatic carbocycles. The largest absolute Gasteiger partial charge is 0.472 e. The second-order valence-corrected chi connectivity index (χ2v) is 5.61. The van der Waals surface area contributed by atoms with Crippen LogP contribution < -0.4 is 5.32 Å². The van der Waals surface area contributed by atoms with E-state index >= 15 is 0 Å². The number of nitriles is 1. The molecule has 0 aliphatic rings. The van der Waals surface area contributed by atoms with Gasteiger partial charge in [-0.25, -0.2) is 4.39 Å². The number of carbonyl (C=O) groups is 1. The van der Waals surface area contributed by atoms with Crippen LogP contribution in [0.5, 0.6) is 0 Å². The van der Waals surface area contributed by atoms with Crippen LogP contribution in [-0.2, 0) is 0 Å². The fraction of sp³-hybridized carbons (Fsp3) is 0. The molecule has 0 saturated heterocycles. The number of halogens is 1. The number of furan rings is 1. The Bertz CT molecular complexity index is 1160. The fourth-order valence-corrected chi connectivity index (χ4v) is 2.68. The van der Waals surface area contributed by atoms with Gasteiger partial charge in [-0.05, 0) is 42.5 Å². The van der Waals surface area contributed by atoms with E-state index in [0.717, 1.165) is 22.5 Å². The van der Waals surface area contributed by atoms with Crippen molar-refractivity contribution < 1.29 is 13.6 Å². The van der Waals surface area contributed by atoms with Crippen LogP contribution in [0.25, 0.3) is 22.2 Å². The van der Waals surface area contributed by atoms with Crippen LogP contribution in [0.15, 0.2) is 59.4 Å². The number of aromatic amines is 1. The average molecular weight is 346 g/mol. The molecule has 0 spiro atoms. The third-order valence-corrected chi connectivity index (χ3v) is 3.96.